The Morgan fingerprint density at radius 2 is 1.36 bits per heavy atom. The highest BCUT2D eigenvalue weighted by atomic mass is 32.2. The first-order valence-corrected chi connectivity index (χ1v) is 17.8. The molecule has 0 amide bonds. The van der Waals surface area contributed by atoms with Gasteiger partial charge in [0.05, 0.1) is 30.5 Å². The van der Waals surface area contributed by atoms with Gasteiger partial charge in [-0.25, -0.2) is 4.94 Å². The van der Waals surface area contributed by atoms with E-state index < -0.39 is 42.3 Å². The molecule has 0 aliphatic heterocycles. The summed E-state index contributed by atoms with van der Waals surface area (Å²) in [6, 6.07) is 18.1. The third kappa shape index (κ3) is 9.30. The van der Waals surface area contributed by atoms with Crippen molar-refractivity contribution < 1.29 is 50.6 Å². The molecule has 5 rings (SSSR count). The van der Waals surface area contributed by atoms with Gasteiger partial charge in [0.1, 0.15) is 44.9 Å². The molecule has 276 valence electrons. The molecule has 53 heavy (non-hydrogen) atoms. The van der Waals surface area contributed by atoms with E-state index in [0.717, 1.165) is 18.2 Å². The molecule has 5 aromatic rings. The van der Waals surface area contributed by atoms with Gasteiger partial charge in [-0.15, -0.1) is 20.5 Å². The number of nitrogens with zero attached hydrogens (tertiary/aromatic N) is 6. The molecule has 0 aromatic heterocycles. The molecule has 0 aliphatic rings. The first kappa shape index (κ1) is 38.3. The minimum absolute atomic E-state index is 0.0473. The maximum atomic E-state index is 12.3. The molecule has 0 aliphatic carbocycles. The number of nitrogens with one attached hydrogen (secondary N) is 2. The van der Waals surface area contributed by atoms with Gasteiger partial charge in [-0.2, -0.15) is 38.0 Å². The summed E-state index contributed by atoms with van der Waals surface area (Å²) in [7, 11) is -5.07. The second kappa shape index (κ2) is 16.2. The monoisotopic (exact) mass is 766 g/mol. The quantitative estimate of drug-likeness (QED) is 0.0283. The molecular formula is C32H30N8O11S2. The van der Waals surface area contributed by atoms with Crippen LogP contribution in [0, 0.1) is 0 Å². The van der Waals surface area contributed by atoms with Crippen LogP contribution in [-0.2, 0) is 31.7 Å². The lowest BCUT2D eigenvalue weighted by atomic mass is 10.1. The summed E-state index contributed by atoms with van der Waals surface area (Å²) >= 11 is 0. The van der Waals surface area contributed by atoms with Crippen LogP contribution < -0.4 is 20.4 Å². The summed E-state index contributed by atoms with van der Waals surface area (Å²) in [5.41, 5.74) is 5.73. The molecule has 5 aromatic carbocycles. The van der Waals surface area contributed by atoms with Crippen LogP contribution in [0.4, 0.5) is 34.1 Å². The zero-order valence-corrected chi connectivity index (χ0v) is 29.5. The van der Waals surface area contributed by atoms with E-state index in [1.54, 1.807) is 19.2 Å². The van der Waals surface area contributed by atoms with Crippen LogP contribution >= 0.6 is 0 Å². The van der Waals surface area contributed by atoms with E-state index in [1.807, 2.05) is 0 Å². The van der Waals surface area contributed by atoms with Gasteiger partial charge in [0.25, 0.3) is 20.2 Å². The molecular weight excluding hydrogens is 737 g/mol. The second-order valence-corrected chi connectivity index (χ2v) is 13.5. The van der Waals surface area contributed by atoms with Crippen molar-refractivity contribution in [2.45, 2.75) is 16.3 Å². The standard InChI is InChI=1S/C32H30N8O11S2/c1-33-51-34-17-18-7-9-23-19(11-18)12-30(53(46,47)48)31(32(23)42)40-38-25-16-29(50-3)26(15-27(25)41)39-37-24-10-8-21(14-28(24)49-2)36-35-20-5-4-6-22(13-20)52(43,44)45/h4-16,33-34,41-42H,17H2,1-3H3,(H,43,44,45)(H,46,47,48). The van der Waals surface area contributed by atoms with E-state index in [-0.39, 0.29) is 56.5 Å². The molecule has 0 saturated heterocycles. The summed E-state index contributed by atoms with van der Waals surface area (Å²) in [5.74, 6) is -0.766. The fourth-order valence-corrected chi connectivity index (χ4v) is 5.89. The first-order valence-electron chi connectivity index (χ1n) is 14.9. The fourth-order valence-electron chi connectivity index (χ4n) is 4.71. The van der Waals surface area contributed by atoms with Gasteiger partial charge in [0.2, 0.25) is 0 Å². The molecule has 0 heterocycles. The van der Waals surface area contributed by atoms with Crippen molar-refractivity contribution in [1.29, 1.82) is 0 Å². The number of phenols is 2. The minimum Gasteiger partial charge on any atom is -0.506 e. The normalized spacial score (nSPS) is 12.4. The summed E-state index contributed by atoms with van der Waals surface area (Å²) in [5, 5.41) is 46.4. The number of rotatable bonds is 14. The number of ether oxygens (including phenoxy) is 2. The Labute approximate surface area is 301 Å². The van der Waals surface area contributed by atoms with Gasteiger partial charge < -0.3 is 19.7 Å². The predicted molar refractivity (Wildman–Crippen MR) is 189 cm³/mol. The van der Waals surface area contributed by atoms with Gasteiger partial charge >= 0.3 is 0 Å². The van der Waals surface area contributed by atoms with Crippen molar-refractivity contribution in [2.75, 3.05) is 21.3 Å². The van der Waals surface area contributed by atoms with Crippen molar-refractivity contribution >= 4 is 65.1 Å². The van der Waals surface area contributed by atoms with Crippen molar-refractivity contribution in [1.82, 2.24) is 11.0 Å². The Morgan fingerprint density at radius 1 is 0.679 bits per heavy atom. The van der Waals surface area contributed by atoms with E-state index in [0.29, 0.717) is 11.3 Å². The van der Waals surface area contributed by atoms with E-state index in [4.69, 9.17) is 14.4 Å². The van der Waals surface area contributed by atoms with E-state index >= 15 is 0 Å². The number of hydrogen-bond donors (Lipinski definition) is 6. The van der Waals surface area contributed by atoms with Crippen molar-refractivity contribution in [3.05, 3.63) is 84.4 Å². The fraction of sp³-hybridized carbons (Fsp3) is 0.125. The largest absolute Gasteiger partial charge is 0.506 e. The van der Waals surface area contributed by atoms with Gasteiger partial charge in [0.15, 0.2) is 5.75 Å². The summed E-state index contributed by atoms with van der Waals surface area (Å²) in [6.45, 7) is 0.227. The number of hydrogen-bond acceptors (Lipinski definition) is 17. The smallest absolute Gasteiger partial charge is 0.296 e. The lowest BCUT2D eigenvalue weighted by molar-refractivity contribution is -0.0291. The van der Waals surface area contributed by atoms with E-state index in [2.05, 4.69) is 41.6 Å². The second-order valence-electron chi connectivity index (χ2n) is 10.7. The Bertz CT molecular complexity index is 2490. The highest BCUT2D eigenvalue weighted by molar-refractivity contribution is 7.86. The number of aromatic hydroxyl groups is 2. The average Bonchev–Trinajstić information content (AvgIpc) is 3.12. The first-order chi connectivity index (χ1) is 25.2. The molecule has 0 saturated carbocycles. The van der Waals surface area contributed by atoms with Gasteiger partial charge in [-0.1, -0.05) is 18.2 Å². The zero-order valence-electron chi connectivity index (χ0n) is 27.9. The third-order valence-corrected chi connectivity index (χ3v) is 8.92. The van der Waals surface area contributed by atoms with Gasteiger partial charge in [0, 0.05) is 37.2 Å². The highest BCUT2D eigenvalue weighted by Gasteiger charge is 2.23. The van der Waals surface area contributed by atoms with Crippen molar-refractivity contribution in [3.63, 3.8) is 0 Å². The molecule has 19 nitrogen and oxygen atoms in total. The van der Waals surface area contributed by atoms with Crippen LogP contribution in [-0.4, -0.2) is 57.4 Å². The SMILES string of the molecule is CNONCc1ccc2c(O)c(N=Nc3cc(OC)c(N=Nc4ccc(N=Nc5cccc(S(=O)(=O)O)c5)cc4OC)cc3O)c(S(=O)(=O)O)cc2c1. The summed E-state index contributed by atoms with van der Waals surface area (Å²) < 4.78 is 77.4. The third-order valence-electron chi connectivity index (χ3n) is 7.20. The number of phenolic OH excluding ortho intramolecular Hbond substituents is 2. The van der Waals surface area contributed by atoms with E-state index in [9.17, 15) is 36.2 Å². The molecule has 21 heteroatoms. The minimum atomic E-state index is -4.91. The van der Waals surface area contributed by atoms with Crippen LogP contribution in [0.3, 0.4) is 0 Å². The van der Waals surface area contributed by atoms with Gasteiger partial charge in [-0.05, 0) is 53.4 Å². The number of benzene rings is 5. The molecule has 0 atom stereocenters. The molecule has 0 fully saturated rings. The molecule has 0 radical (unpaired) electrons. The van der Waals surface area contributed by atoms with Crippen LogP contribution in [0.5, 0.6) is 23.0 Å². The predicted octanol–water partition coefficient (Wildman–Crippen LogP) is 7.16. The lowest BCUT2D eigenvalue weighted by Crippen LogP contribution is -2.21. The highest BCUT2D eigenvalue weighted by Crippen LogP contribution is 2.44. The average molecular weight is 767 g/mol. The zero-order chi connectivity index (χ0) is 38.3. The number of fused-ring (bicyclic) bond motifs is 1. The Hall–Kier alpha value is -5.94. The van der Waals surface area contributed by atoms with Crippen LogP contribution in [0.2, 0.25) is 0 Å². The van der Waals surface area contributed by atoms with Crippen molar-refractivity contribution in [3.8, 4) is 23.0 Å². The number of hydroxylamine groups is 2. The Balaban J connectivity index is 1.42. The maximum Gasteiger partial charge on any atom is 0.296 e. The summed E-state index contributed by atoms with van der Waals surface area (Å²) in [6.07, 6.45) is 0. The Kier molecular flexibility index (Phi) is 11.7. The molecule has 0 bridgehead atoms. The van der Waals surface area contributed by atoms with Crippen molar-refractivity contribution in [2.24, 2.45) is 30.7 Å². The number of azo groups is 3. The molecule has 0 spiro atoms. The Morgan fingerprint density at radius 3 is 2.04 bits per heavy atom. The van der Waals surface area contributed by atoms with Crippen LogP contribution in [0.15, 0.2) is 119 Å². The van der Waals surface area contributed by atoms with E-state index in [1.165, 1.54) is 62.8 Å². The topological polar surface area (TPSA) is 275 Å². The van der Waals surface area contributed by atoms with Gasteiger partial charge in [-0.3, -0.25) is 9.11 Å². The molecule has 6 N–H and O–H groups in total. The van der Waals surface area contributed by atoms with Crippen LogP contribution in [0.25, 0.3) is 10.8 Å². The molecule has 0 unspecified atom stereocenters. The maximum absolute atomic E-state index is 12.3. The number of methoxy groups -OCH3 is 2. The van der Waals surface area contributed by atoms with Crippen LogP contribution in [0.1, 0.15) is 5.56 Å². The summed E-state index contributed by atoms with van der Waals surface area (Å²) in [4.78, 5) is 3.81. The lowest BCUT2D eigenvalue weighted by Gasteiger charge is -2.11.